The molecule has 2 atom stereocenters. The third kappa shape index (κ3) is 4.25. The van der Waals surface area contributed by atoms with E-state index in [0.29, 0.717) is 5.75 Å². The van der Waals surface area contributed by atoms with Crippen molar-refractivity contribution in [3.8, 4) is 0 Å². The van der Waals surface area contributed by atoms with Gasteiger partial charge in [-0.15, -0.1) is 0 Å². The molecule has 0 aromatic heterocycles. The van der Waals surface area contributed by atoms with Crippen LogP contribution >= 0.6 is 15.9 Å². The molecule has 0 saturated heterocycles. The Balaban J connectivity index is 2.15. The molecule has 0 spiro atoms. The molecule has 0 radical (unpaired) electrons. The van der Waals surface area contributed by atoms with Crippen LogP contribution in [-0.4, -0.2) is 17.0 Å². The molecule has 0 amide bonds. The van der Waals surface area contributed by atoms with Gasteiger partial charge in [0.25, 0.3) is 0 Å². The summed E-state index contributed by atoms with van der Waals surface area (Å²) in [6, 6.07) is 16.3. The Morgan fingerprint density at radius 1 is 1.14 bits per heavy atom. The van der Waals surface area contributed by atoms with Gasteiger partial charge in [0.15, 0.2) is 0 Å². The smallest absolute Gasteiger partial charge is 0.0560 e. The zero-order valence-electron chi connectivity index (χ0n) is 12.3. The number of benzene rings is 2. The first-order valence-electron chi connectivity index (χ1n) is 7.04. The summed E-state index contributed by atoms with van der Waals surface area (Å²) >= 11 is 3.47. The van der Waals surface area contributed by atoms with Crippen molar-refractivity contribution in [2.45, 2.75) is 24.3 Å². The minimum atomic E-state index is -1.04. The van der Waals surface area contributed by atoms with Gasteiger partial charge in [-0.2, -0.15) is 0 Å². The maximum Gasteiger partial charge on any atom is 0.0560 e. The summed E-state index contributed by atoms with van der Waals surface area (Å²) in [7, 11) is 0.870. The van der Waals surface area contributed by atoms with Gasteiger partial charge in [-0.25, -0.2) is 0 Å². The molecule has 0 aliphatic rings. The van der Waals surface area contributed by atoms with Crippen molar-refractivity contribution in [1.29, 1.82) is 0 Å². The van der Waals surface area contributed by atoms with Crippen molar-refractivity contribution in [3.05, 3.63) is 64.1 Å². The molecule has 1 N–H and O–H groups in total. The monoisotopic (exact) mass is 365 g/mol. The van der Waals surface area contributed by atoms with E-state index in [9.17, 15) is 4.21 Å². The van der Waals surface area contributed by atoms with Crippen LogP contribution in [0.1, 0.15) is 24.1 Å². The topological polar surface area (TPSA) is 29.1 Å². The first-order valence-corrected chi connectivity index (χ1v) is 9.16. The zero-order valence-corrected chi connectivity index (χ0v) is 14.7. The number of nitrogens with one attached hydrogen (secondary N) is 1. The molecule has 0 fully saturated rings. The number of rotatable bonds is 6. The normalized spacial score (nSPS) is 13.9. The van der Waals surface area contributed by atoms with Crippen LogP contribution < -0.4 is 5.32 Å². The number of halogens is 1. The van der Waals surface area contributed by atoms with E-state index in [-0.39, 0.29) is 6.04 Å². The van der Waals surface area contributed by atoms with Gasteiger partial charge in [0.1, 0.15) is 0 Å². The molecule has 2 nitrogen and oxygen atoms in total. The fourth-order valence-electron chi connectivity index (χ4n) is 2.20. The van der Waals surface area contributed by atoms with E-state index >= 15 is 0 Å². The highest BCUT2D eigenvalue weighted by Crippen LogP contribution is 2.23. The first kappa shape index (κ1) is 16.4. The Labute approximate surface area is 137 Å². The Kier molecular flexibility index (Phi) is 6.15. The molecular weight excluding hydrogens is 346 g/mol. The van der Waals surface area contributed by atoms with E-state index in [0.717, 1.165) is 15.8 Å². The average molecular weight is 366 g/mol. The Morgan fingerprint density at radius 3 is 2.38 bits per heavy atom. The third-order valence-corrected chi connectivity index (χ3v) is 5.98. The number of aryl methyl sites for hydroxylation is 1. The molecular formula is C17H20BrNOS. The molecule has 112 valence electrons. The Hall–Kier alpha value is -0.970. The number of hydrogen-bond donors (Lipinski definition) is 1. The second-order valence-corrected chi connectivity index (χ2v) is 7.20. The van der Waals surface area contributed by atoms with E-state index in [1.165, 1.54) is 11.1 Å². The Bertz CT molecular complexity index is 612. The first-order chi connectivity index (χ1) is 10.2. The lowest BCUT2D eigenvalue weighted by Gasteiger charge is -2.17. The zero-order chi connectivity index (χ0) is 15.2. The van der Waals surface area contributed by atoms with Crippen molar-refractivity contribution in [1.82, 2.24) is 5.32 Å². The largest absolute Gasteiger partial charge is 0.312 e. The van der Waals surface area contributed by atoms with Gasteiger partial charge in [0, 0.05) is 16.3 Å². The van der Waals surface area contributed by atoms with Crippen LogP contribution in [0.25, 0.3) is 0 Å². The lowest BCUT2D eigenvalue weighted by Crippen LogP contribution is -2.22. The fourth-order valence-corrected chi connectivity index (χ4v) is 4.39. The van der Waals surface area contributed by atoms with Crippen LogP contribution in [0.4, 0.5) is 0 Å². The van der Waals surface area contributed by atoms with Crippen molar-refractivity contribution in [2.75, 3.05) is 12.8 Å². The maximum absolute atomic E-state index is 12.6. The second-order valence-electron chi connectivity index (χ2n) is 4.88. The highest BCUT2D eigenvalue weighted by Gasteiger charge is 2.16. The SMILES string of the molecule is CCc1ccc(C(CS(=O)c2ccccc2Br)NC)cc1. The van der Waals surface area contributed by atoms with E-state index in [4.69, 9.17) is 0 Å². The van der Waals surface area contributed by atoms with E-state index in [1.54, 1.807) is 0 Å². The second kappa shape index (κ2) is 7.87. The molecule has 0 bridgehead atoms. The summed E-state index contributed by atoms with van der Waals surface area (Å²) < 4.78 is 13.5. The quantitative estimate of drug-likeness (QED) is 0.835. The molecule has 0 aliphatic heterocycles. The third-order valence-electron chi connectivity index (χ3n) is 3.54. The van der Waals surface area contributed by atoms with Gasteiger partial charge >= 0.3 is 0 Å². The van der Waals surface area contributed by atoms with Crippen LogP contribution in [0.3, 0.4) is 0 Å². The minimum absolute atomic E-state index is 0.0869. The molecule has 2 unspecified atom stereocenters. The van der Waals surface area contributed by atoms with Crippen LogP contribution in [0, 0.1) is 0 Å². The summed E-state index contributed by atoms with van der Waals surface area (Å²) in [4.78, 5) is 0.850. The molecule has 0 aliphatic carbocycles. The van der Waals surface area contributed by atoms with Crippen LogP contribution in [0.5, 0.6) is 0 Å². The summed E-state index contributed by atoms with van der Waals surface area (Å²) in [6.07, 6.45) is 1.04. The lowest BCUT2D eigenvalue weighted by molar-refractivity contribution is 0.635. The standard InChI is InChI=1S/C17H20BrNOS/c1-3-13-8-10-14(11-9-13)16(19-2)12-21(20)17-7-5-4-6-15(17)18/h4-11,16,19H,3,12H2,1-2H3. The predicted octanol–water partition coefficient (Wildman–Crippen LogP) is 4.08. The van der Waals surface area contributed by atoms with Crippen molar-refractivity contribution in [2.24, 2.45) is 0 Å². The van der Waals surface area contributed by atoms with E-state index < -0.39 is 10.8 Å². The van der Waals surface area contributed by atoms with Crippen molar-refractivity contribution < 1.29 is 4.21 Å². The Morgan fingerprint density at radius 2 is 1.81 bits per heavy atom. The summed E-state index contributed by atoms with van der Waals surface area (Å²) in [5, 5.41) is 3.27. The molecule has 21 heavy (non-hydrogen) atoms. The number of hydrogen-bond acceptors (Lipinski definition) is 2. The van der Waals surface area contributed by atoms with Gasteiger partial charge in [-0.3, -0.25) is 4.21 Å². The van der Waals surface area contributed by atoms with Gasteiger partial charge in [-0.1, -0.05) is 43.3 Å². The molecule has 2 aromatic rings. The molecule has 4 heteroatoms. The highest BCUT2D eigenvalue weighted by molar-refractivity contribution is 9.10. The van der Waals surface area contributed by atoms with E-state index in [1.807, 2.05) is 31.3 Å². The lowest BCUT2D eigenvalue weighted by atomic mass is 10.1. The minimum Gasteiger partial charge on any atom is -0.312 e. The van der Waals surface area contributed by atoms with Crippen molar-refractivity contribution in [3.63, 3.8) is 0 Å². The average Bonchev–Trinajstić information content (AvgIpc) is 2.53. The molecule has 0 saturated carbocycles. The summed E-state index contributed by atoms with van der Waals surface area (Å²) in [5.41, 5.74) is 2.50. The van der Waals surface area contributed by atoms with Gasteiger partial charge < -0.3 is 5.32 Å². The summed E-state index contributed by atoms with van der Waals surface area (Å²) in [5.74, 6) is 0.560. The fraction of sp³-hybridized carbons (Fsp3) is 0.294. The van der Waals surface area contributed by atoms with Crippen LogP contribution in [-0.2, 0) is 17.2 Å². The predicted molar refractivity (Wildman–Crippen MR) is 93.0 cm³/mol. The molecule has 0 heterocycles. The van der Waals surface area contributed by atoms with Crippen LogP contribution in [0.2, 0.25) is 0 Å². The van der Waals surface area contributed by atoms with E-state index in [2.05, 4.69) is 52.4 Å². The van der Waals surface area contributed by atoms with Gasteiger partial charge in [0.05, 0.1) is 15.7 Å². The van der Waals surface area contributed by atoms with Gasteiger partial charge in [0.2, 0.25) is 0 Å². The summed E-state index contributed by atoms with van der Waals surface area (Å²) in [6.45, 7) is 2.15. The maximum atomic E-state index is 12.6. The van der Waals surface area contributed by atoms with Crippen molar-refractivity contribution >= 4 is 26.7 Å². The van der Waals surface area contributed by atoms with Crippen LogP contribution in [0.15, 0.2) is 57.9 Å². The molecule has 2 rings (SSSR count). The van der Waals surface area contributed by atoms with Gasteiger partial charge in [-0.05, 0) is 52.7 Å². The molecule has 2 aromatic carbocycles. The highest BCUT2D eigenvalue weighted by atomic mass is 79.9.